The molecule has 0 aliphatic heterocycles. The first kappa shape index (κ1) is 19.9. The number of aliphatic hydroxyl groups excluding tert-OH is 1. The summed E-state index contributed by atoms with van der Waals surface area (Å²) in [5.41, 5.74) is 1.07. The number of aromatic nitrogens is 1. The Morgan fingerprint density at radius 1 is 1.30 bits per heavy atom. The van der Waals surface area contributed by atoms with Crippen LogP contribution in [0.2, 0.25) is 0 Å². The molecule has 0 amide bonds. The van der Waals surface area contributed by atoms with Gasteiger partial charge in [-0.25, -0.2) is 9.98 Å². The zero-order valence-electron chi connectivity index (χ0n) is 15.1. The molecule has 1 aromatic heterocycles. The molecule has 1 rings (SSSR count). The number of aliphatic hydroxyl groups is 1. The number of thiazole rings is 1. The van der Waals surface area contributed by atoms with Gasteiger partial charge in [-0.3, -0.25) is 0 Å². The first-order valence-electron chi connectivity index (χ1n) is 8.52. The van der Waals surface area contributed by atoms with Crippen LogP contribution in [-0.2, 0) is 6.54 Å². The van der Waals surface area contributed by atoms with Crippen LogP contribution in [0.4, 0.5) is 0 Å². The van der Waals surface area contributed by atoms with E-state index < -0.39 is 0 Å². The Bertz CT molecular complexity index is 485. The van der Waals surface area contributed by atoms with E-state index in [9.17, 15) is 5.11 Å². The summed E-state index contributed by atoms with van der Waals surface area (Å²) >= 11 is 1.71. The second kappa shape index (κ2) is 10.6. The third-order valence-corrected chi connectivity index (χ3v) is 4.68. The molecular weight excluding hydrogens is 308 g/mol. The van der Waals surface area contributed by atoms with E-state index in [2.05, 4.69) is 41.4 Å². The third kappa shape index (κ3) is 7.79. The monoisotopic (exact) mass is 340 g/mol. The number of nitrogens with one attached hydrogen (secondary N) is 2. The highest BCUT2D eigenvalue weighted by Crippen LogP contribution is 2.18. The average Bonchev–Trinajstić information content (AvgIpc) is 2.79. The van der Waals surface area contributed by atoms with E-state index in [0.717, 1.165) is 42.6 Å². The maximum absolute atomic E-state index is 9.22. The number of rotatable bonds is 9. The first-order chi connectivity index (χ1) is 11.0. The van der Waals surface area contributed by atoms with Gasteiger partial charge < -0.3 is 15.7 Å². The van der Waals surface area contributed by atoms with Crippen molar-refractivity contribution >= 4 is 17.3 Å². The standard InChI is InChI=1S/C17H32N4OS/c1-6-18-17(19-10-15(7-8-22)9-12(2)3)20-11-16-13(4)21-14(5)23-16/h12,15,22H,6-11H2,1-5H3,(H2,18,19,20). The second-order valence-corrected chi connectivity index (χ2v) is 7.61. The lowest BCUT2D eigenvalue weighted by molar-refractivity contribution is 0.243. The van der Waals surface area contributed by atoms with Crippen LogP contribution in [0.5, 0.6) is 0 Å². The summed E-state index contributed by atoms with van der Waals surface area (Å²) in [5, 5.41) is 17.0. The third-order valence-electron chi connectivity index (χ3n) is 3.62. The summed E-state index contributed by atoms with van der Waals surface area (Å²) in [6.45, 7) is 13.1. The Balaban J connectivity index is 2.62. The molecule has 0 aromatic carbocycles. The summed E-state index contributed by atoms with van der Waals surface area (Å²) in [6.07, 6.45) is 1.94. The topological polar surface area (TPSA) is 69.5 Å². The smallest absolute Gasteiger partial charge is 0.191 e. The van der Waals surface area contributed by atoms with Crippen LogP contribution in [0.15, 0.2) is 4.99 Å². The first-order valence-corrected chi connectivity index (χ1v) is 9.33. The quantitative estimate of drug-likeness (QED) is 0.477. The molecule has 0 spiro atoms. The molecular formula is C17H32N4OS. The summed E-state index contributed by atoms with van der Waals surface area (Å²) in [4.78, 5) is 10.3. The summed E-state index contributed by atoms with van der Waals surface area (Å²) in [7, 11) is 0. The fraction of sp³-hybridized carbons (Fsp3) is 0.765. The van der Waals surface area contributed by atoms with E-state index in [1.165, 1.54) is 4.88 Å². The van der Waals surface area contributed by atoms with Gasteiger partial charge in [0.05, 0.1) is 17.2 Å². The van der Waals surface area contributed by atoms with Gasteiger partial charge in [0, 0.05) is 24.6 Å². The van der Waals surface area contributed by atoms with E-state index in [-0.39, 0.29) is 6.61 Å². The van der Waals surface area contributed by atoms with Gasteiger partial charge in [-0.1, -0.05) is 13.8 Å². The van der Waals surface area contributed by atoms with Crippen LogP contribution in [0, 0.1) is 25.7 Å². The minimum Gasteiger partial charge on any atom is -0.396 e. The number of hydrogen-bond acceptors (Lipinski definition) is 4. The van der Waals surface area contributed by atoms with Gasteiger partial charge in [-0.05, 0) is 45.4 Å². The van der Waals surface area contributed by atoms with Crippen molar-refractivity contribution in [1.29, 1.82) is 0 Å². The minimum absolute atomic E-state index is 0.242. The molecule has 6 heteroatoms. The Kier molecular flexibility index (Phi) is 9.17. The fourth-order valence-corrected chi connectivity index (χ4v) is 3.47. The van der Waals surface area contributed by atoms with Crippen molar-refractivity contribution < 1.29 is 5.11 Å². The van der Waals surface area contributed by atoms with E-state index >= 15 is 0 Å². The Morgan fingerprint density at radius 3 is 2.57 bits per heavy atom. The Morgan fingerprint density at radius 2 is 2.04 bits per heavy atom. The van der Waals surface area contributed by atoms with Gasteiger partial charge in [0.2, 0.25) is 0 Å². The number of hydrogen-bond donors (Lipinski definition) is 3. The lowest BCUT2D eigenvalue weighted by Gasteiger charge is -2.20. The van der Waals surface area contributed by atoms with Crippen LogP contribution in [-0.4, -0.2) is 35.7 Å². The van der Waals surface area contributed by atoms with E-state index in [4.69, 9.17) is 0 Å². The zero-order valence-corrected chi connectivity index (χ0v) is 16.0. The van der Waals surface area contributed by atoms with Crippen molar-refractivity contribution in [3.8, 4) is 0 Å². The molecule has 3 N–H and O–H groups in total. The minimum atomic E-state index is 0.242. The van der Waals surface area contributed by atoms with Gasteiger partial charge in [0.25, 0.3) is 0 Å². The number of guanidine groups is 1. The molecule has 5 nitrogen and oxygen atoms in total. The molecule has 0 saturated heterocycles. The fourth-order valence-electron chi connectivity index (χ4n) is 2.61. The maximum atomic E-state index is 9.22. The lowest BCUT2D eigenvalue weighted by Crippen LogP contribution is -2.40. The highest BCUT2D eigenvalue weighted by Gasteiger charge is 2.11. The zero-order chi connectivity index (χ0) is 17.2. The summed E-state index contributed by atoms with van der Waals surface area (Å²) in [6, 6.07) is 0. The molecule has 0 fully saturated rings. The molecule has 0 saturated carbocycles. The Hall–Kier alpha value is -1.14. The molecule has 1 aromatic rings. The van der Waals surface area contributed by atoms with Crippen LogP contribution >= 0.6 is 11.3 Å². The highest BCUT2D eigenvalue weighted by molar-refractivity contribution is 7.11. The van der Waals surface area contributed by atoms with E-state index in [0.29, 0.717) is 18.4 Å². The van der Waals surface area contributed by atoms with Crippen molar-refractivity contribution in [2.45, 2.75) is 54.0 Å². The molecule has 0 bridgehead atoms. The SMILES string of the molecule is CCNC(=NCc1sc(C)nc1C)NCC(CCO)CC(C)C. The van der Waals surface area contributed by atoms with Gasteiger partial charge in [-0.15, -0.1) is 11.3 Å². The predicted molar refractivity (Wildman–Crippen MR) is 99.1 cm³/mol. The molecule has 1 heterocycles. The second-order valence-electron chi connectivity index (χ2n) is 6.33. The van der Waals surface area contributed by atoms with Crippen molar-refractivity contribution in [1.82, 2.24) is 15.6 Å². The maximum Gasteiger partial charge on any atom is 0.191 e. The molecule has 1 unspecified atom stereocenters. The number of nitrogens with zero attached hydrogens (tertiary/aromatic N) is 2. The molecule has 0 radical (unpaired) electrons. The van der Waals surface area contributed by atoms with Crippen LogP contribution in [0.3, 0.4) is 0 Å². The molecule has 23 heavy (non-hydrogen) atoms. The van der Waals surface area contributed by atoms with E-state index in [1.807, 2.05) is 13.8 Å². The average molecular weight is 341 g/mol. The molecule has 132 valence electrons. The molecule has 1 atom stereocenters. The summed E-state index contributed by atoms with van der Waals surface area (Å²) < 4.78 is 0. The van der Waals surface area contributed by atoms with Crippen molar-refractivity contribution in [3.63, 3.8) is 0 Å². The van der Waals surface area contributed by atoms with Crippen molar-refractivity contribution in [3.05, 3.63) is 15.6 Å². The molecule has 0 aliphatic rings. The molecule has 0 aliphatic carbocycles. The number of aliphatic imine (C=N–C) groups is 1. The summed E-state index contributed by atoms with van der Waals surface area (Å²) in [5.74, 6) is 1.94. The number of aryl methyl sites for hydroxylation is 2. The van der Waals surface area contributed by atoms with Crippen LogP contribution < -0.4 is 10.6 Å². The van der Waals surface area contributed by atoms with Gasteiger partial charge >= 0.3 is 0 Å². The predicted octanol–water partition coefficient (Wildman–Crippen LogP) is 2.86. The van der Waals surface area contributed by atoms with Crippen LogP contribution in [0.25, 0.3) is 0 Å². The van der Waals surface area contributed by atoms with Crippen molar-refractivity contribution in [2.24, 2.45) is 16.8 Å². The highest BCUT2D eigenvalue weighted by atomic mass is 32.1. The van der Waals surface area contributed by atoms with E-state index in [1.54, 1.807) is 11.3 Å². The Labute approximate surface area is 144 Å². The van der Waals surface area contributed by atoms with Crippen LogP contribution in [0.1, 0.15) is 49.2 Å². The van der Waals surface area contributed by atoms with Gasteiger partial charge in [0.1, 0.15) is 0 Å². The normalized spacial score (nSPS) is 13.4. The lowest BCUT2D eigenvalue weighted by atomic mass is 9.94. The largest absolute Gasteiger partial charge is 0.396 e. The van der Waals surface area contributed by atoms with Gasteiger partial charge in [-0.2, -0.15) is 0 Å². The van der Waals surface area contributed by atoms with Gasteiger partial charge in [0.15, 0.2) is 5.96 Å². The van der Waals surface area contributed by atoms with Crippen molar-refractivity contribution in [2.75, 3.05) is 19.7 Å².